The number of nitrogens with zero attached hydrogens (tertiary/aromatic N) is 3. The van der Waals surface area contributed by atoms with Crippen molar-refractivity contribution in [3.63, 3.8) is 0 Å². The molecule has 1 aromatic rings. The maximum atomic E-state index is 5.91. The standard InChI is InChI=1S/C14H27N5/c1-5-7-12-13(15)17-10-18-14(12)16-8-9-19(4)11(3)6-2/h10-11H,5-9H2,1-4H3,(H3,15,16,17,18). The van der Waals surface area contributed by atoms with Crippen LogP contribution in [-0.2, 0) is 6.42 Å². The molecule has 108 valence electrons. The van der Waals surface area contributed by atoms with Crippen LogP contribution < -0.4 is 11.1 Å². The molecule has 1 rings (SSSR count). The summed E-state index contributed by atoms with van der Waals surface area (Å²) in [4.78, 5) is 10.7. The van der Waals surface area contributed by atoms with Crippen LogP contribution in [0.25, 0.3) is 0 Å². The van der Waals surface area contributed by atoms with Crippen molar-refractivity contribution < 1.29 is 0 Å². The fourth-order valence-electron chi connectivity index (χ4n) is 1.96. The first-order valence-electron chi connectivity index (χ1n) is 7.13. The first-order chi connectivity index (χ1) is 9.10. The Morgan fingerprint density at radius 2 is 2.11 bits per heavy atom. The van der Waals surface area contributed by atoms with E-state index in [-0.39, 0.29) is 0 Å². The molecular formula is C14H27N5. The van der Waals surface area contributed by atoms with E-state index in [1.54, 1.807) is 0 Å². The number of hydrogen-bond acceptors (Lipinski definition) is 5. The van der Waals surface area contributed by atoms with Crippen LogP contribution in [0.15, 0.2) is 6.33 Å². The fourth-order valence-corrected chi connectivity index (χ4v) is 1.96. The number of nitrogens with two attached hydrogens (primary N) is 1. The topological polar surface area (TPSA) is 67.1 Å². The Morgan fingerprint density at radius 1 is 1.37 bits per heavy atom. The van der Waals surface area contributed by atoms with Crippen LogP contribution in [0.2, 0.25) is 0 Å². The van der Waals surface area contributed by atoms with Gasteiger partial charge in [-0.3, -0.25) is 0 Å². The van der Waals surface area contributed by atoms with Crippen molar-refractivity contribution in [3.8, 4) is 0 Å². The Morgan fingerprint density at radius 3 is 2.74 bits per heavy atom. The molecule has 1 heterocycles. The zero-order chi connectivity index (χ0) is 14.3. The molecule has 0 aliphatic heterocycles. The second kappa shape index (κ2) is 7.94. The summed E-state index contributed by atoms with van der Waals surface area (Å²) in [5, 5.41) is 3.38. The first-order valence-corrected chi connectivity index (χ1v) is 7.13. The normalized spacial score (nSPS) is 12.7. The van der Waals surface area contributed by atoms with Gasteiger partial charge in [0.15, 0.2) is 0 Å². The summed E-state index contributed by atoms with van der Waals surface area (Å²) in [5.74, 6) is 1.47. The molecule has 0 aliphatic carbocycles. The van der Waals surface area contributed by atoms with Gasteiger partial charge in [0.25, 0.3) is 0 Å². The Bertz CT molecular complexity index is 380. The lowest BCUT2D eigenvalue weighted by Crippen LogP contribution is -2.33. The van der Waals surface area contributed by atoms with Crippen LogP contribution >= 0.6 is 0 Å². The predicted octanol–water partition coefficient (Wildman–Crippen LogP) is 2.15. The highest BCUT2D eigenvalue weighted by atomic mass is 15.1. The Balaban J connectivity index is 2.55. The molecule has 0 aliphatic rings. The second-order valence-corrected chi connectivity index (χ2v) is 5.00. The van der Waals surface area contributed by atoms with E-state index in [1.807, 2.05) is 0 Å². The maximum absolute atomic E-state index is 5.91. The summed E-state index contributed by atoms with van der Waals surface area (Å²) in [7, 11) is 2.15. The third-order valence-corrected chi connectivity index (χ3v) is 3.58. The van der Waals surface area contributed by atoms with E-state index in [0.29, 0.717) is 11.9 Å². The molecule has 1 atom stereocenters. The van der Waals surface area contributed by atoms with Crippen LogP contribution in [0.1, 0.15) is 39.2 Å². The molecule has 0 radical (unpaired) electrons. The minimum absolute atomic E-state index is 0.592. The Hall–Kier alpha value is -1.36. The van der Waals surface area contributed by atoms with Crippen molar-refractivity contribution in [2.24, 2.45) is 0 Å². The van der Waals surface area contributed by atoms with Gasteiger partial charge in [-0.05, 0) is 26.8 Å². The van der Waals surface area contributed by atoms with E-state index in [1.165, 1.54) is 6.33 Å². The van der Waals surface area contributed by atoms with Crippen molar-refractivity contribution in [1.29, 1.82) is 0 Å². The lowest BCUT2D eigenvalue weighted by Gasteiger charge is -2.23. The molecule has 5 nitrogen and oxygen atoms in total. The molecule has 0 saturated heterocycles. The van der Waals surface area contributed by atoms with Crippen molar-refractivity contribution in [3.05, 3.63) is 11.9 Å². The minimum atomic E-state index is 0.592. The van der Waals surface area contributed by atoms with Gasteiger partial charge in [-0.1, -0.05) is 20.3 Å². The molecule has 5 heteroatoms. The van der Waals surface area contributed by atoms with E-state index < -0.39 is 0 Å². The lowest BCUT2D eigenvalue weighted by atomic mass is 10.1. The average molecular weight is 265 g/mol. The molecule has 0 fully saturated rings. The molecule has 19 heavy (non-hydrogen) atoms. The summed E-state index contributed by atoms with van der Waals surface area (Å²) in [5.41, 5.74) is 6.95. The van der Waals surface area contributed by atoms with Crippen LogP contribution in [0.3, 0.4) is 0 Å². The van der Waals surface area contributed by atoms with Gasteiger partial charge in [0.2, 0.25) is 0 Å². The van der Waals surface area contributed by atoms with E-state index in [0.717, 1.165) is 43.7 Å². The van der Waals surface area contributed by atoms with Crippen molar-refractivity contribution in [2.45, 2.75) is 46.1 Å². The Labute approximate surface area is 116 Å². The maximum Gasteiger partial charge on any atom is 0.134 e. The molecule has 0 spiro atoms. The third kappa shape index (κ3) is 4.67. The molecule has 0 bridgehead atoms. The summed E-state index contributed by atoms with van der Waals surface area (Å²) >= 11 is 0. The molecule has 0 aromatic carbocycles. The SMILES string of the molecule is CCCc1c(N)ncnc1NCCN(C)C(C)CC. The first kappa shape index (κ1) is 15.7. The van der Waals surface area contributed by atoms with Gasteiger partial charge < -0.3 is 16.0 Å². The van der Waals surface area contributed by atoms with E-state index in [4.69, 9.17) is 5.73 Å². The molecule has 3 N–H and O–H groups in total. The van der Waals surface area contributed by atoms with Gasteiger partial charge in [-0.15, -0.1) is 0 Å². The highest BCUT2D eigenvalue weighted by molar-refractivity contribution is 5.54. The highest BCUT2D eigenvalue weighted by Crippen LogP contribution is 2.18. The monoisotopic (exact) mass is 265 g/mol. The zero-order valence-corrected chi connectivity index (χ0v) is 12.6. The summed E-state index contributed by atoms with van der Waals surface area (Å²) in [6.45, 7) is 8.44. The van der Waals surface area contributed by atoms with Gasteiger partial charge in [0.1, 0.15) is 18.0 Å². The minimum Gasteiger partial charge on any atom is -0.383 e. The summed E-state index contributed by atoms with van der Waals surface area (Å²) < 4.78 is 0. The van der Waals surface area contributed by atoms with Gasteiger partial charge in [0, 0.05) is 24.7 Å². The number of rotatable bonds is 8. The number of nitrogen functional groups attached to an aromatic ring is 1. The highest BCUT2D eigenvalue weighted by Gasteiger charge is 2.09. The van der Waals surface area contributed by atoms with E-state index >= 15 is 0 Å². The fraction of sp³-hybridized carbons (Fsp3) is 0.714. The number of anilines is 2. The molecular weight excluding hydrogens is 238 g/mol. The number of likely N-dealkylation sites (N-methyl/N-ethyl adjacent to an activating group) is 1. The quantitative estimate of drug-likeness (QED) is 0.754. The molecule has 0 saturated carbocycles. The van der Waals surface area contributed by atoms with Crippen LogP contribution in [0.4, 0.5) is 11.6 Å². The van der Waals surface area contributed by atoms with Crippen LogP contribution in [0, 0.1) is 0 Å². The number of hydrogen-bond donors (Lipinski definition) is 2. The van der Waals surface area contributed by atoms with E-state index in [2.05, 4.69) is 48.0 Å². The third-order valence-electron chi connectivity index (χ3n) is 3.58. The van der Waals surface area contributed by atoms with Gasteiger partial charge in [-0.25, -0.2) is 9.97 Å². The van der Waals surface area contributed by atoms with Crippen LogP contribution in [-0.4, -0.2) is 41.0 Å². The number of nitrogens with one attached hydrogen (secondary N) is 1. The summed E-state index contributed by atoms with van der Waals surface area (Å²) in [6, 6.07) is 0.604. The van der Waals surface area contributed by atoms with Crippen molar-refractivity contribution in [2.75, 3.05) is 31.2 Å². The van der Waals surface area contributed by atoms with Crippen LogP contribution in [0.5, 0.6) is 0 Å². The number of aromatic nitrogens is 2. The second-order valence-electron chi connectivity index (χ2n) is 5.00. The van der Waals surface area contributed by atoms with Crippen molar-refractivity contribution in [1.82, 2.24) is 14.9 Å². The zero-order valence-electron chi connectivity index (χ0n) is 12.6. The average Bonchev–Trinajstić information content (AvgIpc) is 2.41. The van der Waals surface area contributed by atoms with Gasteiger partial charge in [-0.2, -0.15) is 0 Å². The van der Waals surface area contributed by atoms with Crippen molar-refractivity contribution >= 4 is 11.6 Å². The van der Waals surface area contributed by atoms with E-state index in [9.17, 15) is 0 Å². The molecule has 1 aromatic heterocycles. The molecule has 0 amide bonds. The van der Waals surface area contributed by atoms with Gasteiger partial charge in [0.05, 0.1) is 0 Å². The largest absolute Gasteiger partial charge is 0.383 e. The summed E-state index contributed by atoms with van der Waals surface area (Å²) in [6.07, 6.45) is 4.64. The predicted molar refractivity (Wildman–Crippen MR) is 81.3 cm³/mol. The molecule has 1 unspecified atom stereocenters. The van der Waals surface area contributed by atoms with Gasteiger partial charge >= 0.3 is 0 Å². The Kier molecular flexibility index (Phi) is 6.56. The smallest absolute Gasteiger partial charge is 0.134 e. The lowest BCUT2D eigenvalue weighted by molar-refractivity contribution is 0.261.